The summed E-state index contributed by atoms with van der Waals surface area (Å²) in [6.45, 7) is 0. The molecule has 0 aliphatic carbocycles. The molecule has 6 heteroatoms. The van der Waals surface area contributed by atoms with E-state index in [-0.39, 0.29) is 5.56 Å². The Balaban J connectivity index is 1.67. The molecule has 0 saturated carbocycles. The van der Waals surface area contributed by atoms with Crippen LogP contribution in [0.15, 0.2) is 83.7 Å². The molecule has 5 aromatic rings. The smallest absolute Gasteiger partial charge is 0.260 e. The lowest BCUT2D eigenvalue weighted by Crippen LogP contribution is -2.18. The molecule has 0 saturated heterocycles. The lowest BCUT2D eigenvalue weighted by atomic mass is 9.93. The van der Waals surface area contributed by atoms with Gasteiger partial charge in [0.1, 0.15) is 5.82 Å². The summed E-state index contributed by atoms with van der Waals surface area (Å²) in [5.74, 6) is 0.127. The number of allylic oxidation sites excluding steroid dienone is 1. The molecular formula is C25H18N4O2. The van der Waals surface area contributed by atoms with Crippen molar-refractivity contribution in [3.05, 3.63) is 101 Å². The van der Waals surface area contributed by atoms with Crippen LogP contribution in [0.4, 0.5) is 5.69 Å². The number of pyridine rings is 1. The number of H-pyrrole nitrogens is 2. The number of imidazole rings is 1. The number of nitrogen functional groups attached to an aromatic ring is 1. The summed E-state index contributed by atoms with van der Waals surface area (Å²) in [4.78, 5) is 36.5. The van der Waals surface area contributed by atoms with Gasteiger partial charge in [0.25, 0.3) is 5.56 Å². The highest BCUT2D eigenvalue weighted by Crippen LogP contribution is 2.31. The van der Waals surface area contributed by atoms with E-state index in [1.807, 2.05) is 54.6 Å². The van der Waals surface area contributed by atoms with Crippen LogP contribution in [-0.2, 0) is 0 Å². The van der Waals surface area contributed by atoms with E-state index in [9.17, 15) is 9.59 Å². The van der Waals surface area contributed by atoms with Gasteiger partial charge in [-0.25, -0.2) is 4.98 Å². The number of para-hydroxylation sites is 2. The number of hydrogen-bond acceptors (Lipinski definition) is 4. The molecule has 0 fully saturated rings. The molecule has 5 rings (SSSR count). The SMILES string of the molecule is Nc1ccc2[nH]c(=O)c(C(=O)C=Cc3nc4ccccc4[nH]3)c(-c3ccccc3)c2c1. The van der Waals surface area contributed by atoms with Crippen LogP contribution in [0.3, 0.4) is 0 Å². The largest absolute Gasteiger partial charge is 0.399 e. The standard InChI is InChI=1S/C25H18N4O2/c26-16-10-11-18-17(14-16)23(15-6-2-1-3-7-15)24(25(31)29-18)21(30)12-13-22-27-19-8-4-5-9-20(19)28-22/h1-14H,26H2,(H,27,28)(H,29,31). The minimum atomic E-state index is -0.449. The molecule has 0 spiro atoms. The van der Waals surface area contributed by atoms with Gasteiger partial charge >= 0.3 is 0 Å². The summed E-state index contributed by atoms with van der Waals surface area (Å²) in [6.07, 6.45) is 2.95. The fourth-order valence-electron chi connectivity index (χ4n) is 3.74. The monoisotopic (exact) mass is 406 g/mol. The average molecular weight is 406 g/mol. The number of fused-ring (bicyclic) bond motifs is 2. The van der Waals surface area contributed by atoms with E-state index in [4.69, 9.17) is 5.73 Å². The van der Waals surface area contributed by atoms with Crippen LogP contribution in [0.5, 0.6) is 0 Å². The van der Waals surface area contributed by atoms with E-state index in [2.05, 4.69) is 15.0 Å². The Labute approximate surface area is 177 Å². The summed E-state index contributed by atoms with van der Waals surface area (Å²) in [6, 6.07) is 22.2. The second kappa shape index (κ2) is 7.42. The first-order valence-corrected chi connectivity index (χ1v) is 9.78. The van der Waals surface area contributed by atoms with Crippen molar-refractivity contribution < 1.29 is 4.79 Å². The highest BCUT2D eigenvalue weighted by atomic mass is 16.1. The van der Waals surface area contributed by atoms with Gasteiger partial charge in [0, 0.05) is 22.2 Å². The summed E-state index contributed by atoms with van der Waals surface area (Å²) < 4.78 is 0. The third kappa shape index (κ3) is 3.40. The number of aromatic nitrogens is 3. The molecule has 0 atom stereocenters. The van der Waals surface area contributed by atoms with Crippen molar-refractivity contribution in [1.82, 2.24) is 15.0 Å². The predicted octanol–water partition coefficient (Wildman–Crippen LogP) is 4.55. The van der Waals surface area contributed by atoms with Crippen LogP contribution in [0.25, 0.3) is 39.1 Å². The minimum Gasteiger partial charge on any atom is -0.399 e. The van der Waals surface area contributed by atoms with Crippen LogP contribution < -0.4 is 11.3 Å². The molecular weight excluding hydrogens is 388 g/mol. The maximum absolute atomic E-state index is 13.2. The van der Waals surface area contributed by atoms with E-state index in [0.717, 1.165) is 16.6 Å². The molecule has 4 N–H and O–H groups in total. The van der Waals surface area contributed by atoms with E-state index >= 15 is 0 Å². The molecule has 0 bridgehead atoms. The van der Waals surface area contributed by atoms with Crippen molar-refractivity contribution in [3.63, 3.8) is 0 Å². The van der Waals surface area contributed by atoms with Crippen molar-refractivity contribution >= 4 is 39.5 Å². The van der Waals surface area contributed by atoms with Gasteiger partial charge in [0.05, 0.1) is 16.6 Å². The molecule has 0 aliphatic rings. The van der Waals surface area contributed by atoms with E-state index in [0.29, 0.717) is 28.0 Å². The number of nitrogens with two attached hydrogens (primary N) is 1. The lowest BCUT2D eigenvalue weighted by molar-refractivity contribution is 0.104. The van der Waals surface area contributed by atoms with Crippen molar-refractivity contribution in [1.29, 1.82) is 0 Å². The molecule has 31 heavy (non-hydrogen) atoms. The number of ketones is 1. The number of nitrogens with one attached hydrogen (secondary N) is 2. The van der Waals surface area contributed by atoms with E-state index < -0.39 is 11.3 Å². The molecule has 150 valence electrons. The van der Waals surface area contributed by atoms with Crippen LogP contribution in [-0.4, -0.2) is 20.7 Å². The topological polar surface area (TPSA) is 105 Å². The van der Waals surface area contributed by atoms with Gasteiger partial charge in [-0.2, -0.15) is 0 Å². The van der Waals surface area contributed by atoms with Crippen molar-refractivity contribution in [2.45, 2.75) is 0 Å². The Morgan fingerprint density at radius 2 is 1.68 bits per heavy atom. The quantitative estimate of drug-likeness (QED) is 0.231. The maximum atomic E-state index is 13.2. The van der Waals surface area contributed by atoms with Gasteiger partial charge in [0.15, 0.2) is 5.78 Å². The molecule has 0 radical (unpaired) electrons. The number of nitrogens with zero attached hydrogens (tertiary/aromatic N) is 1. The second-order valence-electron chi connectivity index (χ2n) is 7.21. The van der Waals surface area contributed by atoms with Gasteiger partial charge < -0.3 is 15.7 Å². The molecule has 2 heterocycles. The maximum Gasteiger partial charge on any atom is 0.260 e. The number of anilines is 1. The molecule has 2 aromatic heterocycles. The molecule has 0 unspecified atom stereocenters. The van der Waals surface area contributed by atoms with Gasteiger partial charge in [-0.1, -0.05) is 42.5 Å². The van der Waals surface area contributed by atoms with Crippen LogP contribution in [0, 0.1) is 0 Å². The van der Waals surface area contributed by atoms with Crippen LogP contribution in [0.2, 0.25) is 0 Å². The summed E-state index contributed by atoms with van der Waals surface area (Å²) in [5, 5.41) is 0.714. The van der Waals surface area contributed by atoms with Crippen LogP contribution >= 0.6 is 0 Å². The third-order valence-electron chi connectivity index (χ3n) is 5.15. The highest BCUT2D eigenvalue weighted by Gasteiger charge is 2.19. The minimum absolute atomic E-state index is 0.0664. The fourth-order valence-corrected chi connectivity index (χ4v) is 3.74. The zero-order chi connectivity index (χ0) is 21.4. The Morgan fingerprint density at radius 3 is 2.48 bits per heavy atom. The van der Waals surface area contributed by atoms with Crippen molar-refractivity contribution in [2.24, 2.45) is 0 Å². The van der Waals surface area contributed by atoms with Crippen LogP contribution in [0.1, 0.15) is 16.2 Å². The lowest BCUT2D eigenvalue weighted by Gasteiger charge is -2.12. The first-order chi connectivity index (χ1) is 15.1. The van der Waals surface area contributed by atoms with Gasteiger partial charge in [-0.3, -0.25) is 9.59 Å². The third-order valence-corrected chi connectivity index (χ3v) is 5.15. The zero-order valence-corrected chi connectivity index (χ0v) is 16.4. The van der Waals surface area contributed by atoms with E-state index in [1.54, 1.807) is 24.3 Å². The Bertz CT molecular complexity index is 1500. The second-order valence-corrected chi connectivity index (χ2v) is 7.21. The van der Waals surface area contributed by atoms with Gasteiger partial charge in [0.2, 0.25) is 0 Å². The summed E-state index contributed by atoms with van der Waals surface area (Å²) in [7, 11) is 0. The predicted molar refractivity (Wildman–Crippen MR) is 124 cm³/mol. The average Bonchev–Trinajstić information content (AvgIpc) is 3.20. The number of hydrogen-bond donors (Lipinski definition) is 3. The Hall–Kier alpha value is -4.45. The highest BCUT2D eigenvalue weighted by molar-refractivity contribution is 6.15. The zero-order valence-electron chi connectivity index (χ0n) is 16.4. The van der Waals surface area contributed by atoms with Crippen molar-refractivity contribution in [3.8, 4) is 11.1 Å². The molecule has 0 aliphatic heterocycles. The Kier molecular flexibility index (Phi) is 4.45. The summed E-state index contributed by atoms with van der Waals surface area (Å²) >= 11 is 0. The number of rotatable bonds is 4. The summed E-state index contributed by atoms with van der Waals surface area (Å²) in [5.41, 5.74) is 9.80. The van der Waals surface area contributed by atoms with Gasteiger partial charge in [-0.15, -0.1) is 0 Å². The first kappa shape index (κ1) is 18.6. The number of aromatic amines is 2. The number of carbonyl (C=O) groups is 1. The number of carbonyl (C=O) groups excluding carboxylic acids is 1. The van der Waals surface area contributed by atoms with E-state index in [1.165, 1.54) is 6.08 Å². The van der Waals surface area contributed by atoms with Gasteiger partial charge in [-0.05, 0) is 48.0 Å². The molecule has 0 amide bonds. The normalized spacial score (nSPS) is 11.5. The Morgan fingerprint density at radius 1 is 0.903 bits per heavy atom. The fraction of sp³-hybridized carbons (Fsp3) is 0. The number of benzene rings is 3. The van der Waals surface area contributed by atoms with Crippen molar-refractivity contribution in [2.75, 3.05) is 5.73 Å². The first-order valence-electron chi connectivity index (χ1n) is 9.78. The molecule has 3 aromatic carbocycles. The molecule has 6 nitrogen and oxygen atoms in total.